The van der Waals surface area contributed by atoms with Gasteiger partial charge in [0.05, 0.1) is 29.0 Å². The Labute approximate surface area is 139 Å². The fraction of sp³-hybridized carbons (Fsp3) is 0.412. The molecular weight excluding hydrogens is 304 g/mol. The molecule has 1 aromatic carbocycles. The summed E-state index contributed by atoms with van der Waals surface area (Å²) in [7, 11) is 0. The summed E-state index contributed by atoms with van der Waals surface area (Å²) in [4.78, 5) is 4.50. The predicted octanol–water partition coefficient (Wildman–Crippen LogP) is 2.28. The van der Waals surface area contributed by atoms with Gasteiger partial charge in [-0.2, -0.15) is 4.98 Å². The Kier molecular flexibility index (Phi) is 3.65. The third-order valence-electron chi connectivity index (χ3n) is 4.72. The number of benzene rings is 1. The predicted molar refractivity (Wildman–Crippen MR) is 87.5 cm³/mol. The van der Waals surface area contributed by atoms with Crippen molar-refractivity contribution in [2.24, 2.45) is 5.73 Å². The van der Waals surface area contributed by atoms with Crippen LogP contribution >= 0.6 is 0 Å². The first-order valence-electron chi connectivity index (χ1n) is 8.24. The first-order valence-corrected chi connectivity index (χ1v) is 8.24. The monoisotopic (exact) mass is 324 g/mol. The Morgan fingerprint density at radius 3 is 2.71 bits per heavy atom. The zero-order valence-electron chi connectivity index (χ0n) is 13.6. The molecule has 7 heteroatoms. The second kappa shape index (κ2) is 5.83. The lowest BCUT2D eigenvalue weighted by Crippen LogP contribution is -2.34. The van der Waals surface area contributed by atoms with E-state index in [-0.39, 0.29) is 0 Å². The van der Waals surface area contributed by atoms with E-state index in [0.717, 1.165) is 42.8 Å². The summed E-state index contributed by atoms with van der Waals surface area (Å²) in [6.45, 7) is 1.99. The second-order valence-corrected chi connectivity index (χ2v) is 6.42. The minimum absolute atomic E-state index is 0.432. The molecular formula is C17H20N6O. The van der Waals surface area contributed by atoms with Gasteiger partial charge >= 0.3 is 0 Å². The van der Waals surface area contributed by atoms with Crippen molar-refractivity contribution in [3.8, 4) is 5.69 Å². The average molecular weight is 324 g/mol. The van der Waals surface area contributed by atoms with Crippen LogP contribution in [0.3, 0.4) is 0 Å². The van der Waals surface area contributed by atoms with Gasteiger partial charge in [-0.05, 0) is 31.9 Å². The fourth-order valence-corrected chi connectivity index (χ4v) is 3.24. The molecule has 4 rings (SSSR count). The molecule has 0 spiro atoms. The Balaban J connectivity index is 1.56. The minimum atomic E-state index is -0.432. The van der Waals surface area contributed by atoms with Crippen molar-refractivity contribution in [2.75, 3.05) is 0 Å². The molecule has 3 aromatic rings. The number of nitrogens with zero attached hydrogens (tertiary/aromatic N) is 5. The summed E-state index contributed by atoms with van der Waals surface area (Å²) in [5.74, 6) is 1.15. The van der Waals surface area contributed by atoms with Crippen molar-refractivity contribution in [1.82, 2.24) is 25.1 Å². The number of hydrogen-bond acceptors (Lipinski definition) is 6. The first kappa shape index (κ1) is 15.0. The van der Waals surface area contributed by atoms with Crippen molar-refractivity contribution >= 4 is 0 Å². The van der Waals surface area contributed by atoms with E-state index >= 15 is 0 Å². The highest BCUT2D eigenvalue weighted by Gasteiger charge is 2.36. The van der Waals surface area contributed by atoms with Crippen molar-refractivity contribution < 1.29 is 4.52 Å². The molecule has 1 aliphatic rings. The average Bonchev–Trinajstić information content (AvgIpc) is 3.31. The summed E-state index contributed by atoms with van der Waals surface area (Å²) in [5.41, 5.74) is 8.71. The van der Waals surface area contributed by atoms with E-state index in [4.69, 9.17) is 10.3 Å². The van der Waals surface area contributed by atoms with Crippen LogP contribution < -0.4 is 5.73 Å². The molecule has 0 unspecified atom stereocenters. The van der Waals surface area contributed by atoms with Crippen molar-refractivity contribution in [2.45, 2.75) is 44.6 Å². The van der Waals surface area contributed by atoms with Crippen LogP contribution in [0.15, 0.2) is 34.9 Å². The van der Waals surface area contributed by atoms with Gasteiger partial charge in [0.15, 0.2) is 5.82 Å². The SMILES string of the molecule is Cc1c(Cc2nc(C3(N)CCCC3)no2)nnn1-c1ccccc1. The lowest BCUT2D eigenvalue weighted by atomic mass is 9.99. The fourth-order valence-electron chi connectivity index (χ4n) is 3.24. The zero-order valence-corrected chi connectivity index (χ0v) is 13.6. The Hall–Kier alpha value is -2.54. The van der Waals surface area contributed by atoms with E-state index in [9.17, 15) is 0 Å². The molecule has 1 aliphatic carbocycles. The molecule has 1 saturated carbocycles. The maximum absolute atomic E-state index is 6.38. The van der Waals surface area contributed by atoms with Crippen LogP contribution in [0.2, 0.25) is 0 Å². The first-order chi connectivity index (χ1) is 11.7. The van der Waals surface area contributed by atoms with Crippen LogP contribution in [0.1, 0.15) is 48.8 Å². The highest BCUT2D eigenvalue weighted by Crippen LogP contribution is 2.34. The molecule has 0 aliphatic heterocycles. The van der Waals surface area contributed by atoms with Crippen molar-refractivity contribution in [3.63, 3.8) is 0 Å². The molecule has 0 bridgehead atoms. The number of para-hydroxylation sites is 1. The van der Waals surface area contributed by atoms with Crippen LogP contribution in [0.4, 0.5) is 0 Å². The van der Waals surface area contributed by atoms with Crippen LogP contribution in [-0.4, -0.2) is 25.1 Å². The van der Waals surface area contributed by atoms with E-state index in [1.54, 1.807) is 0 Å². The van der Waals surface area contributed by atoms with Crippen molar-refractivity contribution in [1.29, 1.82) is 0 Å². The maximum Gasteiger partial charge on any atom is 0.232 e. The molecule has 0 saturated heterocycles. The molecule has 24 heavy (non-hydrogen) atoms. The summed E-state index contributed by atoms with van der Waals surface area (Å²) in [6, 6.07) is 9.91. The maximum atomic E-state index is 6.38. The Bertz CT molecular complexity index is 832. The van der Waals surface area contributed by atoms with Crippen molar-refractivity contribution in [3.05, 3.63) is 53.4 Å². The molecule has 2 aromatic heterocycles. The van der Waals surface area contributed by atoms with Gasteiger partial charge in [0.25, 0.3) is 0 Å². The van der Waals surface area contributed by atoms with Gasteiger partial charge in [-0.3, -0.25) is 0 Å². The Morgan fingerprint density at radius 1 is 1.21 bits per heavy atom. The molecule has 0 amide bonds. The smallest absolute Gasteiger partial charge is 0.232 e. The number of aromatic nitrogens is 5. The van der Waals surface area contributed by atoms with E-state index in [1.807, 2.05) is 41.9 Å². The molecule has 7 nitrogen and oxygen atoms in total. The van der Waals surface area contributed by atoms with Gasteiger partial charge in [0.2, 0.25) is 5.89 Å². The van der Waals surface area contributed by atoms with Crippen LogP contribution in [0.5, 0.6) is 0 Å². The van der Waals surface area contributed by atoms with Crippen LogP contribution in [0, 0.1) is 6.92 Å². The lowest BCUT2D eigenvalue weighted by Gasteiger charge is -2.17. The number of hydrogen-bond donors (Lipinski definition) is 1. The molecule has 0 atom stereocenters. The largest absolute Gasteiger partial charge is 0.339 e. The quantitative estimate of drug-likeness (QED) is 0.791. The van der Waals surface area contributed by atoms with Gasteiger partial charge in [-0.1, -0.05) is 41.4 Å². The third kappa shape index (κ3) is 2.60. The van der Waals surface area contributed by atoms with E-state index in [0.29, 0.717) is 18.1 Å². The summed E-state index contributed by atoms with van der Waals surface area (Å²) < 4.78 is 7.21. The zero-order chi connectivity index (χ0) is 16.6. The van der Waals surface area contributed by atoms with Gasteiger partial charge < -0.3 is 10.3 Å². The standard InChI is InChI=1S/C17H20N6O/c1-12-14(20-22-23(12)13-7-3-2-4-8-13)11-15-19-16(21-24-15)17(18)9-5-6-10-17/h2-4,7-8H,5-6,9-11,18H2,1H3. The highest BCUT2D eigenvalue weighted by molar-refractivity contribution is 5.33. The minimum Gasteiger partial charge on any atom is -0.339 e. The molecule has 0 radical (unpaired) electrons. The van der Waals surface area contributed by atoms with Gasteiger partial charge in [-0.25, -0.2) is 4.68 Å². The highest BCUT2D eigenvalue weighted by atomic mass is 16.5. The number of rotatable bonds is 4. The molecule has 2 heterocycles. The number of nitrogens with two attached hydrogens (primary N) is 1. The Morgan fingerprint density at radius 2 is 1.96 bits per heavy atom. The molecule has 2 N–H and O–H groups in total. The summed E-state index contributed by atoms with van der Waals surface area (Å²) in [6.07, 6.45) is 4.52. The van der Waals surface area contributed by atoms with E-state index in [2.05, 4.69) is 20.5 Å². The molecule has 1 fully saturated rings. The third-order valence-corrected chi connectivity index (χ3v) is 4.72. The van der Waals surface area contributed by atoms with Crippen LogP contribution in [-0.2, 0) is 12.0 Å². The van der Waals surface area contributed by atoms with E-state index in [1.165, 1.54) is 0 Å². The second-order valence-electron chi connectivity index (χ2n) is 6.42. The van der Waals surface area contributed by atoms with Crippen LogP contribution in [0.25, 0.3) is 5.69 Å². The topological polar surface area (TPSA) is 95.7 Å². The summed E-state index contributed by atoms with van der Waals surface area (Å²) >= 11 is 0. The van der Waals surface area contributed by atoms with Gasteiger partial charge in [0.1, 0.15) is 0 Å². The molecule has 124 valence electrons. The van der Waals surface area contributed by atoms with E-state index < -0.39 is 5.54 Å². The van der Waals surface area contributed by atoms with Gasteiger partial charge in [-0.15, -0.1) is 5.10 Å². The summed E-state index contributed by atoms with van der Waals surface area (Å²) in [5, 5.41) is 12.6. The normalized spacial score (nSPS) is 16.6. The van der Waals surface area contributed by atoms with Gasteiger partial charge in [0, 0.05) is 0 Å². The lowest BCUT2D eigenvalue weighted by molar-refractivity contribution is 0.351.